The molecule has 18 heavy (non-hydrogen) atoms. The van der Waals surface area contributed by atoms with Gasteiger partial charge in [0.15, 0.2) is 0 Å². The van der Waals surface area contributed by atoms with E-state index in [1.54, 1.807) is 0 Å². The van der Waals surface area contributed by atoms with Crippen LogP contribution in [0, 0.1) is 5.92 Å². The minimum atomic E-state index is -1.05. The van der Waals surface area contributed by atoms with Gasteiger partial charge in [0.05, 0.1) is 0 Å². The third-order valence-electron chi connectivity index (χ3n) is 5.46. The van der Waals surface area contributed by atoms with Gasteiger partial charge in [0.2, 0.25) is 0 Å². The molecule has 0 N–H and O–H groups in total. The molecular weight excluding hydrogens is 231 g/mol. The molecule has 2 saturated heterocycles. The van der Waals surface area contributed by atoms with Crippen molar-refractivity contribution < 1.29 is 0 Å². The van der Waals surface area contributed by atoms with Crippen molar-refractivity contribution in [2.45, 2.75) is 82.7 Å². The first-order chi connectivity index (χ1) is 8.39. The Balaban J connectivity index is 2.31. The van der Waals surface area contributed by atoms with E-state index >= 15 is 0 Å². The van der Waals surface area contributed by atoms with Crippen molar-refractivity contribution >= 4 is 14.8 Å². The molecule has 0 aromatic rings. The Bertz CT molecular complexity index is 295. The van der Waals surface area contributed by atoms with Crippen molar-refractivity contribution in [3.63, 3.8) is 0 Å². The summed E-state index contributed by atoms with van der Waals surface area (Å²) < 4.78 is 0. The summed E-state index contributed by atoms with van der Waals surface area (Å²) in [6, 6.07) is 0. The maximum Gasteiger partial charge on any atom is 0.148 e. The van der Waals surface area contributed by atoms with Crippen molar-refractivity contribution in [2.24, 2.45) is 5.92 Å². The minimum absolute atomic E-state index is 0.976. The minimum Gasteiger partial charge on any atom is -0.101 e. The van der Waals surface area contributed by atoms with Crippen LogP contribution in [0.15, 0.2) is 12.2 Å². The van der Waals surface area contributed by atoms with Crippen LogP contribution in [0.5, 0.6) is 0 Å². The van der Waals surface area contributed by atoms with Crippen LogP contribution in [0.4, 0.5) is 0 Å². The summed E-state index contributed by atoms with van der Waals surface area (Å²) in [5.74, 6) is 2.07. The van der Waals surface area contributed by atoms with Crippen molar-refractivity contribution in [2.75, 3.05) is 0 Å². The monoisotopic (exact) mass is 262 g/mol. The second-order valence-electron chi connectivity index (χ2n) is 8.10. The fraction of sp³-hybridized carbons (Fsp3) is 0.875. The van der Waals surface area contributed by atoms with Gasteiger partial charge in [-0.2, -0.15) is 0 Å². The van der Waals surface area contributed by atoms with Crippen molar-refractivity contribution in [1.82, 2.24) is 0 Å². The van der Waals surface area contributed by atoms with Gasteiger partial charge in [0.25, 0.3) is 0 Å². The molecule has 0 aromatic carbocycles. The van der Waals surface area contributed by atoms with Crippen LogP contribution in [0.2, 0.25) is 37.2 Å². The van der Waals surface area contributed by atoms with E-state index in [4.69, 9.17) is 0 Å². The van der Waals surface area contributed by atoms with Crippen molar-refractivity contribution in [3.8, 4) is 0 Å². The standard InChI is InChI=1S/C16H31BSi/c1-13(2)12-17-15-10-6-8-14(9-7-11-15)16(17)18(3,4)5/h14-16H,1,6-12H2,2-5H3/t14?,15?,16-/m1/s1. The Morgan fingerprint density at radius 2 is 1.67 bits per heavy atom. The second-order valence-corrected chi connectivity index (χ2v) is 13.5. The third-order valence-corrected chi connectivity index (χ3v) is 8.36. The molecule has 1 atom stereocenters. The highest BCUT2D eigenvalue weighted by Crippen LogP contribution is 2.51. The van der Waals surface area contributed by atoms with Crippen LogP contribution in [0.25, 0.3) is 0 Å². The Morgan fingerprint density at radius 3 is 2.11 bits per heavy atom. The number of hydrogen-bond donors (Lipinski definition) is 0. The van der Waals surface area contributed by atoms with Crippen molar-refractivity contribution in [1.29, 1.82) is 0 Å². The zero-order valence-corrected chi connectivity index (χ0v) is 14.0. The normalized spacial score (nSPS) is 33.1. The first-order valence-electron chi connectivity index (χ1n) is 8.04. The smallest absolute Gasteiger partial charge is 0.101 e. The third kappa shape index (κ3) is 3.12. The largest absolute Gasteiger partial charge is 0.148 e. The molecule has 0 aromatic heterocycles. The van der Waals surface area contributed by atoms with Gasteiger partial charge in [0, 0.05) is 8.07 Å². The number of rotatable bonds is 3. The molecule has 0 saturated carbocycles. The van der Waals surface area contributed by atoms with E-state index in [2.05, 4.69) is 33.1 Å². The van der Waals surface area contributed by atoms with E-state index in [0.29, 0.717) is 0 Å². The van der Waals surface area contributed by atoms with Gasteiger partial charge in [-0.05, 0) is 12.8 Å². The van der Waals surface area contributed by atoms with Crippen molar-refractivity contribution in [3.05, 3.63) is 12.2 Å². The molecule has 0 aliphatic carbocycles. The van der Waals surface area contributed by atoms with Crippen LogP contribution >= 0.6 is 0 Å². The molecule has 0 spiro atoms. The molecule has 0 amide bonds. The predicted molar refractivity (Wildman–Crippen MR) is 87.4 cm³/mol. The summed E-state index contributed by atoms with van der Waals surface area (Å²) in [4.78, 5) is 0. The molecule has 102 valence electrons. The Labute approximate surface area is 116 Å². The fourth-order valence-corrected chi connectivity index (χ4v) is 8.47. The molecule has 2 rings (SSSR count). The Hall–Kier alpha value is 0.0218. The number of fused-ring (bicyclic) bond motifs is 3. The Kier molecular flexibility index (Phi) is 4.46. The fourth-order valence-electron chi connectivity index (χ4n) is 5.05. The quantitative estimate of drug-likeness (QED) is 0.455. The molecule has 2 aliphatic heterocycles. The summed E-state index contributed by atoms with van der Waals surface area (Å²) in [5.41, 5.74) is 2.49. The predicted octanol–water partition coefficient (Wildman–Crippen LogP) is 5.66. The van der Waals surface area contributed by atoms with Gasteiger partial charge in [-0.1, -0.05) is 81.3 Å². The first-order valence-corrected chi connectivity index (χ1v) is 11.6. The van der Waals surface area contributed by atoms with Crippen LogP contribution < -0.4 is 0 Å². The van der Waals surface area contributed by atoms with E-state index in [-0.39, 0.29) is 0 Å². The molecule has 2 fully saturated rings. The van der Waals surface area contributed by atoms with Gasteiger partial charge in [-0.25, -0.2) is 0 Å². The van der Waals surface area contributed by atoms with E-state index < -0.39 is 8.07 Å². The molecular formula is C16H31BSi. The summed E-state index contributed by atoms with van der Waals surface area (Å²) in [7, 11) is -1.05. The van der Waals surface area contributed by atoms with Gasteiger partial charge in [0.1, 0.15) is 6.71 Å². The molecule has 2 aliphatic rings. The SMILES string of the molecule is C=C(C)CB1C2CCCC(CCC2)[C@H]1[Si](C)(C)C. The molecule has 0 radical (unpaired) electrons. The summed E-state index contributed by atoms with van der Waals surface area (Å²) in [5, 5.41) is 0. The maximum atomic E-state index is 4.23. The van der Waals surface area contributed by atoms with E-state index in [9.17, 15) is 0 Å². The lowest BCUT2D eigenvalue weighted by Gasteiger charge is -2.39. The van der Waals surface area contributed by atoms with Gasteiger partial charge in [-0.3, -0.25) is 0 Å². The molecule has 2 bridgehead atoms. The highest BCUT2D eigenvalue weighted by atomic mass is 28.3. The highest BCUT2D eigenvalue weighted by molar-refractivity contribution is 6.90. The van der Waals surface area contributed by atoms with Gasteiger partial charge in [-0.15, -0.1) is 6.58 Å². The molecule has 0 unspecified atom stereocenters. The average Bonchev–Trinajstić information content (AvgIpc) is 2.42. The van der Waals surface area contributed by atoms with Gasteiger partial charge >= 0.3 is 0 Å². The lowest BCUT2D eigenvalue weighted by Crippen LogP contribution is -2.43. The summed E-state index contributed by atoms with van der Waals surface area (Å²) in [6.45, 7) is 15.3. The lowest BCUT2D eigenvalue weighted by atomic mass is 9.34. The van der Waals surface area contributed by atoms with Crippen LogP contribution in [-0.2, 0) is 0 Å². The van der Waals surface area contributed by atoms with Crippen LogP contribution in [0.3, 0.4) is 0 Å². The molecule has 2 heteroatoms. The number of allylic oxidation sites excluding steroid dienone is 1. The van der Waals surface area contributed by atoms with E-state index in [1.807, 2.05) is 0 Å². The highest BCUT2D eigenvalue weighted by Gasteiger charge is 2.46. The van der Waals surface area contributed by atoms with Gasteiger partial charge < -0.3 is 0 Å². The topological polar surface area (TPSA) is 0 Å². The summed E-state index contributed by atoms with van der Waals surface area (Å²) in [6.07, 6.45) is 10.4. The lowest BCUT2D eigenvalue weighted by molar-refractivity contribution is 0.411. The first kappa shape index (κ1) is 14.4. The maximum absolute atomic E-state index is 4.23. The average molecular weight is 262 g/mol. The number of hydrogen-bond acceptors (Lipinski definition) is 0. The molecule has 2 heterocycles. The van der Waals surface area contributed by atoms with E-state index in [0.717, 1.165) is 23.9 Å². The zero-order chi connectivity index (χ0) is 13.3. The molecule has 0 nitrogen and oxygen atoms in total. The zero-order valence-electron chi connectivity index (χ0n) is 13.0. The Morgan fingerprint density at radius 1 is 1.11 bits per heavy atom. The summed E-state index contributed by atoms with van der Waals surface area (Å²) >= 11 is 0. The van der Waals surface area contributed by atoms with Crippen LogP contribution in [-0.4, -0.2) is 14.8 Å². The second kappa shape index (κ2) is 5.56. The van der Waals surface area contributed by atoms with E-state index in [1.165, 1.54) is 50.4 Å². The van der Waals surface area contributed by atoms with Crippen LogP contribution in [0.1, 0.15) is 45.4 Å².